The summed E-state index contributed by atoms with van der Waals surface area (Å²) in [6.07, 6.45) is 3.56. The molecule has 4 aromatic rings. The van der Waals surface area contributed by atoms with Crippen molar-refractivity contribution in [2.45, 2.75) is 13.5 Å². The van der Waals surface area contributed by atoms with Crippen molar-refractivity contribution in [3.8, 4) is 11.3 Å². The summed E-state index contributed by atoms with van der Waals surface area (Å²) in [5.41, 5.74) is 1.78. The van der Waals surface area contributed by atoms with Crippen LogP contribution in [0, 0.1) is 12.7 Å². The van der Waals surface area contributed by atoms with Crippen LogP contribution in [0.1, 0.15) is 21.7 Å². The lowest BCUT2D eigenvalue weighted by molar-refractivity contribution is 0.102. The Morgan fingerprint density at radius 2 is 2.07 bits per heavy atom. The van der Waals surface area contributed by atoms with Gasteiger partial charge in [-0.2, -0.15) is 5.10 Å². The fourth-order valence-corrected chi connectivity index (χ4v) is 3.31. The van der Waals surface area contributed by atoms with Gasteiger partial charge in [0.1, 0.15) is 22.8 Å². The molecule has 4 rings (SSSR count). The Morgan fingerprint density at radius 1 is 1.24 bits per heavy atom. The van der Waals surface area contributed by atoms with Crippen molar-refractivity contribution in [1.82, 2.24) is 14.9 Å². The number of halogens is 2. The van der Waals surface area contributed by atoms with Crippen molar-refractivity contribution in [2.24, 2.45) is 0 Å². The SMILES string of the molecule is Cc1onc(-c2c(F)cccc2Cl)c1C(=O)Nc1cccc(Cn2cccn2)c1. The molecule has 6 nitrogen and oxygen atoms in total. The Labute approximate surface area is 170 Å². The Morgan fingerprint density at radius 3 is 2.83 bits per heavy atom. The summed E-state index contributed by atoms with van der Waals surface area (Å²) in [6, 6.07) is 13.5. The second kappa shape index (κ2) is 7.89. The molecule has 0 unspecified atom stereocenters. The van der Waals surface area contributed by atoms with Gasteiger partial charge in [-0.3, -0.25) is 9.48 Å². The largest absolute Gasteiger partial charge is 0.360 e. The minimum Gasteiger partial charge on any atom is -0.360 e. The molecule has 0 aliphatic rings. The molecule has 2 aromatic heterocycles. The lowest BCUT2D eigenvalue weighted by atomic mass is 10.0. The van der Waals surface area contributed by atoms with E-state index in [4.69, 9.17) is 16.1 Å². The number of amides is 1. The number of hydrogen-bond donors (Lipinski definition) is 1. The minimum atomic E-state index is -0.582. The van der Waals surface area contributed by atoms with Gasteiger partial charge in [-0.25, -0.2) is 4.39 Å². The van der Waals surface area contributed by atoms with E-state index in [0.29, 0.717) is 12.2 Å². The highest BCUT2D eigenvalue weighted by Crippen LogP contribution is 2.33. The van der Waals surface area contributed by atoms with Gasteiger partial charge < -0.3 is 9.84 Å². The summed E-state index contributed by atoms with van der Waals surface area (Å²) in [4.78, 5) is 12.9. The van der Waals surface area contributed by atoms with Crippen molar-refractivity contribution >= 4 is 23.2 Å². The van der Waals surface area contributed by atoms with Gasteiger partial charge in [0.2, 0.25) is 0 Å². The summed E-state index contributed by atoms with van der Waals surface area (Å²) < 4.78 is 21.3. The van der Waals surface area contributed by atoms with Crippen molar-refractivity contribution in [3.63, 3.8) is 0 Å². The monoisotopic (exact) mass is 410 g/mol. The van der Waals surface area contributed by atoms with Crippen LogP contribution in [0.2, 0.25) is 5.02 Å². The third-order valence-corrected chi connectivity index (χ3v) is 4.69. The molecule has 29 heavy (non-hydrogen) atoms. The van der Waals surface area contributed by atoms with Crippen LogP contribution in [-0.2, 0) is 6.54 Å². The van der Waals surface area contributed by atoms with Crippen LogP contribution < -0.4 is 5.32 Å². The number of carbonyl (C=O) groups is 1. The number of nitrogens with one attached hydrogen (secondary N) is 1. The summed E-state index contributed by atoms with van der Waals surface area (Å²) in [6.45, 7) is 2.16. The smallest absolute Gasteiger partial charge is 0.261 e. The van der Waals surface area contributed by atoms with Crippen LogP contribution in [0.5, 0.6) is 0 Å². The van der Waals surface area contributed by atoms with Crippen molar-refractivity contribution < 1.29 is 13.7 Å². The highest BCUT2D eigenvalue weighted by molar-refractivity contribution is 6.33. The van der Waals surface area contributed by atoms with E-state index in [9.17, 15) is 9.18 Å². The predicted molar refractivity (Wildman–Crippen MR) is 107 cm³/mol. The van der Waals surface area contributed by atoms with Gasteiger partial charge in [-0.05, 0) is 42.8 Å². The molecule has 1 amide bonds. The molecule has 0 spiro atoms. The number of aryl methyl sites for hydroxylation is 1. The zero-order valence-corrected chi connectivity index (χ0v) is 16.2. The first kappa shape index (κ1) is 18.9. The average Bonchev–Trinajstić information content (AvgIpc) is 3.32. The van der Waals surface area contributed by atoms with Crippen LogP contribution in [0.25, 0.3) is 11.3 Å². The number of hydrogen-bond acceptors (Lipinski definition) is 4. The Kier molecular flexibility index (Phi) is 5.14. The topological polar surface area (TPSA) is 73.0 Å². The highest BCUT2D eigenvalue weighted by Gasteiger charge is 2.25. The molecule has 0 aliphatic heterocycles. The Hall–Kier alpha value is -3.45. The quantitative estimate of drug-likeness (QED) is 0.505. The van der Waals surface area contributed by atoms with Gasteiger partial charge in [0.15, 0.2) is 0 Å². The molecular weight excluding hydrogens is 395 g/mol. The van der Waals surface area contributed by atoms with Gasteiger partial charge in [0, 0.05) is 18.1 Å². The van der Waals surface area contributed by atoms with E-state index in [0.717, 1.165) is 5.56 Å². The van der Waals surface area contributed by atoms with Crippen LogP contribution >= 0.6 is 11.6 Å². The molecule has 0 saturated heterocycles. The summed E-state index contributed by atoms with van der Waals surface area (Å²) in [5.74, 6) is -0.778. The molecule has 0 aliphatic carbocycles. The Bertz CT molecular complexity index is 1150. The maximum absolute atomic E-state index is 14.3. The van der Waals surface area contributed by atoms with Crippen molar-refractivity contribution in [3.05, 3.63) is 88.7 Å². The number of rotatable bonds is 5. The summed E-state index contributed by atoms with van der Waals surface area (Å²) >= 11 is 6.14. The van der Waals surface area contributed by atoms with Gasteiger partial charge in [-0.1, -0.05) is 35.0 Å². The standard InChI is InChI=1S/C21H16ClFN4O2/c1-13-18(20(26-29-13)19-16(22)7-3-8-17(19)23)21(28)25-15-6-2-5-14(11-15)12-27-10-4-9-24-27/h2-11H,12H2,1H3,(H,25,28). The van der Waals surface area contributed by atoms with Crippen LogP contribution in [0.3, 0.4) is 0 Å². The van der Waals surface area contributed by atoms with Crippen LogP contribution in [0.4, 0.5) is 10.1 Å². The molecule has 0 bridgehead atoms. The lowest BCUT2D eigenvalue weighted by Crippen LogP contribution is -2.14. The van der Waals surface area contributed by atoms with Gasteiger partial charge in [0.05, 0.1) is 17.1 Å². The van der Waals surface area contributed by atoms with Crippen LogP contribution in [0.15, 0.2) is 65.4 Å². The van der Waals surface area contributed by atoms with E-state index >= 15 is 0 Å². The highest BCUT2D eigenvalue weighted by atomic mass is 35.5. The van der Waals surface area contributed by atoms with Crippen molar-refractivity contribution in [1.29, 1.82) is 0 Å². The van der Waals surface area contributed by atoms with E-state index < -0.39 is 11.7 Å². The maximum atomic E-state index is 14.3. The van der Waals surface area contributed by atoms with Gasteiger partial charge in [-0.15, -0.1) is 0 Å². The molecule has 2 aromatic carbocycles. The van der Waals surface area contributed by atoms with E-state index in [2.05, 4.69) is 15.6 Å². The fraction of sp³-hybridized carbons (Fsp3) is 0.0952. The third kappa shape index (κ3) is 3.90. The number of anilines is 1. The van der Waals surface area contributed by atoms with E-state index in [1.54, 1.807) is 23.9 Å². The molecule has 0 fully saturated rings. The molecule has 0 radical (unpaired) electrons. The zero-order valence-electron chi connectivity index (χ0n) is 15.4. The lowest BCUT2D eigenvalue weighted by Gasteiger charge is -2.09. The summed E-state index contributed by atoms with van der Waals surface area (Å²) in [5, 5.41) is 11.0. The average molecular weight is 411 g/mol. The maximum Gasteiger partial charge on any atom is 0.261 e. The van der Waals surface area contributed by atoms with Crippen molar-refractivity contribution in [2.75, 3.05) is 5.32 Å². The predicted octanol–water partition coefficient (Wildman–Crippen LogP) is 4.94. The molecule has 146 valence electrons. The van der Waals surface area contributed by atoms with E-state index in [-0.39, 0.29) is 27.6 Å². The number of benzene rings is 2. The molecule has 0 saturated carbocycles. The molecule has 2 heterocycles. The number of aromatic nitrogens is 3. The first-order valence-corrected chi connectivity index (χ1v) is 9.19. The normalized spacial score (nSPS) is 10.9. The Balaban J connectivity index is 1.63. The molecular formula is C21H16ClFN4O2. The number of nitrogens with zero attached hydrogens (tertiary/aromatic N) is 3. The minimum absolute atomic E-state index is 0.0311. The fourth-order valence-electron chi connectivity index (χ4n) is 3.06. The second-order valence-electron chi connectivity index (χ2n) is 6.42. The van der Waals surface area contributed by atoms with E-state index in [1.807, 2.05) is 30.5 Å². The van der Waals surface area contributed by atoms with Gasteiger partial charge in [0.25, 0.3) is 5.91 Å². The first-order valence-electron chi connectivity index (χ1n) is 8.81. The van der Waals surface area contributed by atoms with Gasteiger partial charge >= 0.3 is 0 Å². The molecule has 8 heteroatoms. The summed E-state index contributed by atoms with van der Waals surface area (Å²) in [7, 11) is 0. The molecule has 1 N–H and O–H groups in total. The van der Waals surface area contributed by atoms with Crippen LogP contribution in [-0.4, -0.2) is 20.8 Å². The first-order chi connectivity index (χ1) is 14.0. The number of carbonyl (C=O) groups excluding carboxylic acids is 1. The molecule has 0 atom stereocenters. The zero-order chi connectivity index (χ0) is 20.4. The third-order valence-electron chi connectivity index (χ3n) is 4.38. The second-order valence-corrected chi connectivity index (χ2v) is 6.82. The van der Waals surface area contributed by atoms with E-state index in [1.165, 1.54) is 18.2 Å².